The van der Waals surface area contributed by atoms with Crippen LogP contribution in [0, 0.1) is 5.92 Å². The molecule has 0 aliphatic carbocycles. The topological polar surface area (TPSA) is 67.9 Å². The zero-order chi connectivity index (χ0) is 21.7. The van der Waals surface area contributed by atoms with E-state index in [-0.39, 0.29) is 11.8 Å². The molecule has 0 bridgehead atoms. The van der Waals surface area contributed by atoms with Gasteiger partial charge in [0, 0.05) is 29.9 Å². The molecule has 0 fully saturated rings. The predicted molar refractivity (Wildman–Crippen MR) is 119 cm³/mol. The van der Waals surface area contributed by atoms with Gasteiger partial charge in [0.25, 0.3) is 5.91 Å². The molecule has 0 aromatic heterocycles. The van der Waals surface area contributed by atoms with E-state index in [1.165, 1.54) is 0 Å². The molecule has 0 unspecified atom stereocenters. The van der Waals surface area contributed by atoms with Crippen LogP contribution < -0.4 is 19.7 Å². The minimum atomic E-state index is -0.218. The van der Waals surface area contributed by atoms with Crippen LogP contribution in [0.2, 0.25) is 0 Å². The molecule has 1 N–H and O–H groups in total. The van der Waals surface area contributed by atoms with E-state index in [0.717, 1.165) is 11.3 Å². The maximum absolute atomic E-state index is 12.8. The van der Waals surface area contributed by atoms with Gasteiger partial charge >= 0.3 is 0 Å². The second-order valence-corrected chi connectivity index (χ2v) is 7.72. The Hall–Kier alpha value is -3.02. The van der Waals surface area contributed by atoms with Crippen molar-refractivity contribution in [3.05, 3.63) is 47.5 Å². The molecule has 1 heterocycles. The van der Waals surface area contributed by atoms with Gasteiger partial charge in [0.15, 0.2) is 11.5 Å². The maximum Gasteiger partial charge on any atom is 0.255 e. The Kier molecular flexibility index (Phi) is 6.98. The molecule has 6 nitrogen and oxygen atoms in total. The number of carbonyl (C=O) groups is 2. The Balaban J connectivity index is 1.79. The summed E-state index contributed by atoms with van der Waals surface area (Å²) in [5, 5.41) is 2.96. The van der Waals surface area contributed by atoms with Crippen molar-refractivity contribution >= 4 is 23.2 Å². The van der Waals surface area contributed by atoms with Gasteiger partial charge < -0.3 is 19.7 Å². The quantitative estimate of drug-likeness (QED) is 0.687. The third-order valence-corrected chi connectivity index (χ3v) is 4.89. The molecule has 2 aromatic rings. The van der Waals surface area contributed by atoms with E-state index in [9.17, 15) is 9.59 Å². The van der Waals surface area contributed by atoms with Crippen molar-refractivity contribution in [3.63, 3.8) is 0 Å². The van der Waals surface area contributed by atoms with Crippen LogP contribution in [0.15, 0.2) is 36.4 Å². The molecule has 1 aliphatic rings. The lowest BCUT2D eigenvalue weighted by Gasteiger charge is -2.31. The first-order chi connectivity index (χ1) is 14.4. The number of rotatable bonds is 8. The molecular weight excluding hydrogens is 380 g/mol. The van der Waals surface area contributed by atoms with Gasteiger partial charge in [0.05, 0.1) is 13.2 Å². The molecule has 0 spiro atoms. The Morgan fingerprint density at radius 1 is 1.03 bits per heavy atom. The molecule has 0 saturated heterocycles. The molecule has 3 rings (SSSR count). The van der Waals surface area contributed by atoms with E-state index in [4.69, 9.17) is 9.47 Å². The summed E-state index contributed by atoms with van der Waals surface area (Å²) in [5.41, 5.74) is 3.23. The van der Waals surface area contributed by atoms with Crippen LogP contribution in [0.25, 0.3) is 0 Å². The first-order valence-electron chi connectivity index (χ1n) is 10.6. The van der Waals surface area contributed by atoms with Gasteiger partial charge in [-0.15, -0.1) is 0 Å². The minimum absolute atomic E-state index is 0.158. The van der Waals surface area contributed by atoms with Crippen LogP contribution in [0.3, 0.4) is 0 Å². The highest BCUT2D eigenvalue weighted by molar-refractivity contribution is 6.05. The van der Waals surface area contributed by atoms with Gasteiger partial charge in [-0.05, 0) is 68.1 Å². The standard InChI is InChI=1S/C24H30N2O4/c1-5-29-21-11-7-18(14-22(21)30-6-2)24(28)25-19-9-10-20-17(13-19)8-12-23(27)26(20)15-16(3)4/h7,9-11,13-14,16H,5-6,8,12,15H2,1-4H3,(H,25,28). The summed E-state index contributed by atoms with van der Waals surface area (Å²) >= 11 is 0. The van der Waals surface area contributed by atoms with Gasteiger partial charge in [-0.2, -0.15) is 0 Å². The molecular formula is C24H30N2O4. The van der Waals surface area contributed by atoms with Crippen molar-refractivity contribution in [1.82, 2.24) is 0 Å². The molecule has 2 amide bonds. The van der Waals surface area contributed by atoms with Crippen molar-refractivity contribution in [2.45, 2.75) is 40.5 Å². The Morgan fingerprint density at radius 2 is 1.77 bits per heavy atom. The first kappa shape index (κ1) is 21.7. The SMILES string of the molecule is CCOc1ccc(C(=O)Nc2ccc3c(c2)CCC(=O)N3CC(C)C)cc1OCC. The number of amides is 2. The fourth-order valence-electron chi connectivity index (χ4n) is 3.60. The lowest BCUT2D eigenvalue weighted by Crippen LogP contribution is -2.37. The highest BCUT2D eigenvalue weighted by Gasteiger charge is 2.25. The second kappa shape index (κ2) is 9.65. The van der Waals surface area contributed by atoms with E-state index in [1.807, 2.05) is 36.9 Å². The van der Waals surface area contributed by atoms with Crippen molar-refractivity contribution in [2.75, 3.05) is 30.0 Å². The highest BCUT2D eigenvalue weighted by atomic mass is 16.5. The summed E-state index contributed by atoms with van der Waals surface area (Å²) in [4.78, 5) is 27.0. The number of anilines is 2. The molecule has 0 saturated carbocycles. The highest BCUT2D eigenvalue weighted by Crippen LogP contribution is 2.32. The van der Waals surface area contributed by atoms with Crippen LogP contribution in [-0.4, -0.2) is 31.6 Å². The first-order valence-corrected chi connectivity index (χ1v) is 10.6. The lowest BCUT2D eigenvalue weighted by molar-refractivity contribution is -0.119. The number of aryl methyl sites for hydroxylation is 1. The van der Waals surface area contributed by atoms with Crippen LogP contribution in [-0.2, 0) is 11.2 Å². The van der Waals surface area contributed by atoms with E-state index in [2.05, 4.69) is 19.2 Å². The number of carbonyl (C=O) groups excluding carboxylic acids is 2. The van der Waals surface area contributed by atoms with Crippen molar-refractivity contribution in [1.29, 1.82) is 0 Å². The maximum atomic E-state index is 12.8. The number of benzene rings is 2. The number of hydrogen-bond donors (Lipinski definition) is 1. The summed E-state index contributed by atoms with van der Waals surface area (Å²) in [6.07, 6.45) is 1.18. The molecule has 1 aliphatic heterocycles. The zero-order valence-electron chi connectivity index (χ0n) is 18.2. The third-order valence-electron chi connectivity index (χ3n) is 4.89. The number of nitrogens with one attached hydrogen (secondary N) is 1. The van der Waals surface area contributed by atoms with E-state index >= 15 is 0 Å². The average molecular weight is 411 g/mol. The summed E-state index contributed by atoms with van der Waals surface area (Å²) in [5.74, 6) is 1.51. The summed E-state index contributed by atoms with van der Waals surface area (Å²) in [7, 11) is 0. The van der Waals surface area contributed by atoms with Gasteiger partial charge in [0.1, 0.15) is 0 Å². The Morgan fingerprint density at radius 3 is 2.47 bits per heavy atom. The predicted octanol–water partition coefficient (Wildman–Crippen LogP) is 4.67. The monoisotopic (exact) mass is 410 g/mol. The second-order valence-electron chi connectivity index (χ2n) is 7.72. The smallest absolute Gasteiger partial charge is 0.255 e. The molecule has 160 valence electrons. The largest absolute Gasteiger partial charge is 0.490 e. The summed E-state index contributed by atoms with van der Waals surface area (Å²) in [6, 6.07) is 10.9. The zero-order valence-corrected chi connectivity index (χ0v) is 18.2. The lowest BCUT2D eigenvalue weighted by atomic mass is 9.99. The van der Waals surface area contributed by atoms with Crippen LogP contribution in [0.4, 0.5) is 11.4 Å². The van der Waals surface area contributed by atoms with E-state index < -0.39 is 0 Å². The fourth-order valence-corrected chi connectivity index (χ4v) is 3.60. The third kappa shape index (κ3) is 4.93. The van der Waals surface area contributed by atoms with E-state index in [1.54, 1.807) is 18.2 Å². The van der Waals surface area contributed by atoms with Gasteiger partial charge in [-0.25, -0.2) is 0 Å². The van der Waals surface area contributed by atoms with Gasteiger partial charge in [0.2, 0.25) is 5.91 Å². The van der Waals surface area contributed by atoms with Crippen LogP contribution in [0.5, 0.6) is 11.5 Å². The van der Waals surface area contributed by atoms with Gasteiger partial charge in [-0.3, -0.25) is 9.59 Å². The molecule has 2 aromatic carbocycles. The van der Waals surface area contributed by atoms with Crippen molar-refractivity contribution < 1.29 is 19.1 Å². The van der Waals surface area contributed by atoms with Gasteiger partial charge in [-0.1, -0.05) is 13.8 Å². The Bertz CT molecular complexity index is 923. The summed E-state index contributed by atoms with van der Waals surface area (Å²) < 4.78 is 11.2. The summed E-state index contributed by atoms with van der Waals surface area (Å²) in [6.45, 7) is 9.71. The van der Waals surface area contributed by atoms with Crippen LogP contribution >= 0.6 is 0 Å². The Labute approximate surface area is 178 Å². The van der Waals surface area contributed by atoms with Crippen molar-refractivity contribution in [2.24, 2.45) is 5.92 Å². The molecule has 6 heteroatoms. The number of fused-ring (bicyclic) bond motifs is 1. The average Bonchev–Trinajstić information content (AvgIpc) is 2.71. The fraction of sp³-hybridized carbons (Fsp3) is 0.417. The molecule has 0 radical (unpaired) electrons. The normalized spacial score (nSPS) is 13.2. The van der Waals surface area contributed by atoms with Crippen molar-refractivity contribution in [3.8, 4) is 11.5 Å². The van der Waals surface area contributed by atoms with E-state index in [0.29, 0.717) is 61.3 Å². The number of hydrogen-bond acceptors (Lipinski definition) is 4. The number of nitrogens with zero attached hydrogens (tertiary/aromatic N) is 1. The van der Waals surface area contributed by atoms with Crippen LogP contribution in [0.1, 0.15) is 50.0 Å². The molecule has 0 atom stereocenters. The number of ether oxygens (including phenoxy) is 2. The molecule has 30 heavy (non-hydrogen) atoms. The minimum Gasteiger partial charge on any atom is -0.490 e.